The number of thiocarbonyl (C=S) groups is 1. The first-order valence-electron chi connectivity index (χ1n) is 8.23. The Morgan fingerprint density at radius 3 is 2.64 bits per heavy atom. The van der Waals surface area contributed by atoms with Gasteiger partial charge >= 0.3 is 0 Å². The lowest BCUT2D eigenvalue weighted by molar-refractivity contribution is 0.342. The van der Waals surface area contributed by atoms with Gasteiger partial charge < -0.3 is 15.4 Å². The summed E-state index contributed by atoms with van der Waals surface area (Å²) in [7, 11) is 0. The fourth-order valence-corrected chi connectivity index (χ4v) is 3.36. The van der Waals surface area contributed by atoms with E-state index >= 15 is 0 Å². The predicted octanol–water partition coefficient (Wildman–Crippen LogP) is 5.45. The molecule has 25 heavy (non-hydrogen) atoms. The Morgan fingerprint density at radius 2 is 1.92 bits per heavy atom. The van der Waals surface area contributed by atoms with Crippen LogP contribution in [0.15, 0.2) is 53.4 Å². The topological polar surface area (TPSA) is 33.3 Å². The molecule has 2 rings (SSSR count). The summed E-state index contributed by atoms with van der Waals surface area (Å²) in [5.74, 6) is 2.29. The van der Waals surface area contributed by atoms with Gasteiger partial charge in [0.2, 0.25) is 0 Å². The highest BCUT2D eigenvalue weighted by Gasteiger charge is 2.07. The molecule has 0 spiro atoms. The minimum atomic E-state index is 0.475. The van der Waals surface area contributed by atoms with Crippen LogP contribution < -0.4 is 15.4 Å². The van der Waals surface area contributed by atoms with Gasteiger partial charge in [-0.3, -0.25) is 0 Å². The molecule has 0 aliphatic heterocycles. The number of hydrogen-bond donors (Lipinski definition) is 2. The number of hydrogen-bond acceptors (Lipinski definition) is 3. The lowest BCUT2D eigenvalue weighted by atomic mass is 10.2. The maximum atomic E-state index is 5.91. The van der Waals surface area contributed by atoms with Crippen molar-refractivity contribution in [1.82, 2.24) is 5.32 Å². The summed E-state index contributed by atoms with van der Waals surface area (Å²) in [5.41, 5.74) is 0.880. The van der Waals surface area contributed by atoms with Crippen LogP contribution >= 0.6 is 35.6 Å². The molecule has 3 nitrogen and oxygen atoms in total. The average molecular weight is 395 g/mol. The van der Waals surface area contributed by atoms with E-state index in [4.69, 9.17) is 28.6 Å². The van der Waals surface area contributed by atoms with Gasteiger partial charge in [0, 0.05) is 22.2 Å². The zero-order valence-corrected chi connectivity index (χ0v) is 16.8. The van der Waals surface area contributed by atoms with Gasteiger partial charge in [-0.05, 0) is 61.5 Å². The molecule has 0 bridgehead atoms. The Hall–Kier alpha value is -1.43. The zero-order chi connectivity index (χ0) is 18.1. The molecular formula is C19H23ClN2OS2. The summed E-state index contributed by atoms with van der Waals surface area (Å²) in [6.07, 6.45) is 0. The van der Waals surface area contributed by atoms with Gasteiger partial charge in [-0.1, -0.05) is 30.7 Å². The molecule has 0 aliphatic rings. The fraction of sp³-hybridized carbons (Fsp3) is 0.316. The van der Waals surface area contributed by atoms with Crippen LogP contribution in [-0.2, 0) is 0 Å². The number of benzene rings is 2. The molecule has 134 valence electrons. The van der Waals surface area contributed by atoms with E-state index in [9.17, 15) is 0 Å². The smallest absolute Gasteiger partial charge is 0.170 e. The quantitative estimate of drug-likeness (QED) is 0.459. The van der Waals surface area contributed by atoms with Crippen molar-refractivity contribution < 1.29 is 4.74 Å². The Kier molecular flexibility index (Phi) is 8.38. The molecule has 0 radical (unpaired) electrons. The number of nitrogens with one attached hydrogen (secondary N) is 2. The van der Waals surface area contributed by atoms with Crippen LogP contribution in [0.25, 0.3) is 0 Å². The fourth-order valence-electron chi connectivity index (χ4n) is 2.11. The second-order valence-electron chi connectivity index (χ2n) is 5.63. The maximum Gasteiger partial charge on any atom is 0.170 e. The molecule has 0 aliphatic carbocycles. The van der Waals surface area contributed by atoms with Gasteiger partial charge in [0.15, 0.2) is 5.11 Å². The second-order valence-corrected chi connectivity index (χ2v) is 7.57. The molecule has 0 amide bonds. The van der Waals surface area contributed by atoms with Crippen molar-refractivity contribution >= 4 is 46.4 Å². The van der Waals surface area contributed by atoms with Crippen molar-refractivity contribution in [2.24, 2.45) is 5.92 Å². The first-order valence-corrected chi connectivity index (χ1v) is 10.0. The first-order chi connectivity index (χ1) is 12.1. The molecule has 0 aromatic heterocycles. The number of anilines is 1. The van der Waals surface area contributed by atoms with Gasteiger partial charge in [-0.15, -0.1) is 11.8 Å². The monoisotopic (exact) mass is 394 g/mol. The number of para-hydroxylation sites is 2. The minimum Gasteiger partial charge on any atom is -0.492 e. The van der Waals surface area contributed by atoms with E-state index in [1.807, 2.05) is 67.2 Å². The lowest BCUT2D eigenvalue weighted by Crippen LogP contribution is -2.32. The summed E-state index contributed by atoms with van der Waals surface area (Å²) in [5, 5.41) is 7.85. The first kappa shape index (κ1) is 19.9. The largest absolute Gasteiger partial charge is 0.492 e. The van der Waals surface area contributed by atoms with Crippen LogP contribution in [0.4, 0.5) is 5.69 Å². The van der Waals surface area contributed by atoms with E-state index in [0.29, 0.717) is 17.6 Å². The third-order valence-corrected chi connectivity index (χ3v) is 5.23. The summed E-state index contributed by atoms with van der Waals surface area (Å²) >= 11 is 13.1. The molecule has 1 atom stereocenters. The van der Waals surface area contributed by atoms with Crippen LogP contribution in [0, 0.1) is 5.92 Å². The maximum absolute atomic E-state index is 5.91. The van der Waals surface area contributed by atoms with E-state index in [0.717, 1.165) is 28.8 Å². The van der Waals surface area contributed by atoms with E-state index in [1.165, 1.54) is 4.90 Å². The molecule has 2 N–H and O–H groups in total. The van der Waals surface area contributed by atoms with Crippen molar-refractivity contribution in [2.75, 3.05) is 24.2 Å². The van der Waals surface area contributed by atoms with Crippen molar-refractivity contribution in [2.45, 2.75) is 18.7 Å². The zero-order valence-electron chi connectivity index (χ0n) is 14.4. The van der Waals surface area contributed by atoms with Crippen molar-refractivity contribution in [1.29, 1.82) is 0 Å². The van der Waals surface area contributed by atoms with E-state index in [2.05, 4.69) is 17.6 Å². The third-order valence-electron chi connectivity index (χ3n) is 3.39. The molecule has 0 heterocycles. The van der Waals surface area contributed by atoms with Crippen LogP contribution in [0.2, 0.25) is 5.02 Å². The molecule has 0 saturated carbocycles. The Labute approximate surface area is 164 Å². The lowest BCUT2D eigenvalue weighted by Gasteiger charge is -2.16. The van der Waals surface area contributed by atoms with Crippen LogP contribution in [0.1, 0.15) is 13.8 Å². The molecule has 0 fully saturated rings. The highest BCUT2D eigenvalue weighted by Crippen LogP contribution is 2.24. The van der Waals surface area contributed by atoms with Crippen molar-refractivity contribution in [3.05, 3.63) is 53.6 Å². The number of halogens is 1. The van der Waals surface area contributed by atoms with E-state index in [-0.39, 0.29) is 0 Å². The van der Waals surface area contributed by atoms with Crippen LogP contribution in [0.5, 0.6) is 5.75 Å². The highest BCUT2D eigenvalue weighted by molar-refractivity contribution is 7.99. The Bertz CT molecular complexity index is 679. The predicted molar refractivity (Wildman–Crippen MR) is 113 cm³/mol. The molecule has 0 saturated heterocycles. The van der Waals surface area contributed by atoms with Crippen LogP contribution in [0.3, 0.4) is 0 Å². The molecule has 2 aromatic carbocycles. The van der Waals surface area contributed by atoms with Gasteiger partial charge in [0.1, 0.15) is 5.75 Å². The third kappa shape index (κ3) is 7.14. The van der Waals surface area contributed by atoms with Crippen molar-refractivity contribution in [3.63, 3.8) is 0 Å². The molecular weight excluding hydrogens is 372 g/mol. The Balaban J connectivity index is 1.74. The molecule has 2 aromatic rings. The summed E-state index contributed by atoms with van der Waals surface area (Å²) in [6, 6.07) is 15.7. The normalized spacial score (nSPS) is 11.6. The molecule has 0 unspecified atom stereocenters. The second kappa shape index (κ2) is 10.5. The molecule has 6 heteroatoms. The highest BCUT2D eigenvalue weighted by atomic mass is 35.5. The summed E-state index contributed by atoms with van der Waals surface area (Å²) in [4.78, 5) is 1.22. The summed E-state index contributed by atoms with van der Waals surface area (Å²) in [6.45, 7) is 5.60. The van der Waals surface area contributed by atoms with Gasteiger partial charge in [-0.2, -0.15) is 0 Å². The van der Waals surface area contributed by atoms with Gasteiger partial charge in [0.05, 0.1) is 12.3 Å². The average Bonchev–Trinajstić information content (AvgIpc) is 2.61. The minimum absolute atomic E-state index is 0.475. The number of ether oxygens (including phenoxy) is 1. The summed E-state index contributed by atoms with van der Waals surface area (Å²) < 4.78 is 5.60. The Morgan fingerprint density at radius 1 is 1.20 bits per heavy atom. The van der Waals surface area contributed by atoms with E-state index in [1.54, 1.807) is 0 Å². The number of rotatable bonds is 8. The number of thioether (sulfide) groups is 1. The standard InChI is InChI=1S/C19H23ClN2OS2/c1-3-23-18-7-5-4-6-17(18)22-19(24)21-12-14(2)13-25-16-10-8-15(20)9-11-16/h4-11,14H,3,12-13H2,1-2H3,(H2,21,22,24)/t14-/m0/s1. The SMILES string of the molecule is CCOc1ccccc1NC(=S)NC[C@H](C)CSc1ccc(Cl)cc1. The van der Waals surface area contributed by atoms with E-state index < -0.39 is 0 Å². The van der Waals surface area contributed by atoms with Crippen LogP contribution in [-0.4, -0.2) is 24.0 Å². The van der Waals surface area contributed by atoms with Gasteiger partial charge in [-0.25, -0.2) is 0 Å². The van der Waals surface area contributed by atoms with Crippen molar-refractivity contribution in [3.8, 4) is 5.75 Å². The van der Waals surface area contributed by atoms with Gasteiger partial charge in [0.25, 0.3) is 0 Å².